The van der Waals surface area contributed by atoms with E-state index in [1.165, 1.54) is 6.07 Å². The number of nitrogens with one attached hydrogen (secondary N) is 1. The van der Waals surface area contributed by atoms with Gasteiger partial charge in [-0.2, -0.15) is 4.98 Å². The van der Waals surface area contributed by atoms with Crippen LogP contribution in [0.5, 0.6) is 0 Å². The molecule has 0 unspecified atom stereocenters. The maximum absolute atomic E-state index is 11.3. The molecule has 17 heavy (non-hydrogen) atoms. The summed E-state index contributed by atoms with van der Waals surface area (Å²) in [5, 5.41) is 2.93. The minimum absolute atomic E-state index is 0. The summed E-state index contributed by atoms with van der Waals surface area (Å²) < 4.78 is 1.90. The molecule has 2 aromatic rings. The fraction of sp³-hybridized carbons (Fsp3) is 0.167. The first kappa shape index (κ1) is 13.3. The van der Waals surface area contributed by atoms with Crippen molar-refractivity contribution in [3.8, 4) is 5.69 Å². The Morgan fingerprint density at radius 3 is 2.47 bits per heavy atom. The summed E-state index contributed by atoms with van der Waals surface area (Å²) in [7, 11) is 1.75. The van der Waals surface area contributed by atoms with Crippen LogP contribution in [0.4, 0.5) is 5.95 Å². The third kappa shape index (κ3) is 2.65. The molecule has 0 radical (unpaired) electrons. The highest BCUT2D eigenvalue weighted by Crippen LogP contribution is 2.14. The Morgan fingerprint density at radius 2 is 1.88 bits per heavy atom. The van der Waals surface area contributed by atoms with E-state index in [1.807, 2.05) is 41.8 Å². The number of hydrogen-bond donors (Lipinski definition) is 1. The van der Waals surface area contributed by atoms with Crippen LogP contribution in [-0.2, 0) is 0 Å². The van der Waals surface area contributed by atoms with Gasteiger partial charge in [-0.15, -0.1) is 12.4 Å². The van der Waals surface area contributed by atoms with E-state index in [9.17, 15) is 4.79 Å². The van der Waals surface area contributed by atoms with Crippen LogP contribution in [0.15, 0.2) is 41.2 Å². The van der Waals surface area contributed by atoms with E-state index >= 15 is 0 Å². The summed E-state index contributed by atoms with van der Waals surface area (Å²) in [4.78, 5) is 15.2. The molecule has 0 fully saturated rings. The lowest BCUT2D eigenvalue weighted by Gasteiger charge is -2.14. The molecule has 1 heterocycles. The maximum Gasteiger partial charge on any atom is 0.274 e. The Bertz CT molecular complexity index is 551. The molecule has 0 aliphatic heterocycles. The third-order valence-corrected chi connectivity index (χ3v) is 2.35. The molecule has 0 saturated carbocycles. The Kier molecular flexibility index (Phi) is 4.29. The fourth-order valence-electron chi connectivity index (χ4n) is 1.67. The van der Waals surface area contributed by atoms with Gasteiger partial charge in [0.15, 0.2) is 0 Å². The van der Waals surface area contributed by atoms with Gasteiger partial charge < -0.3 is 5.32 Å². The Morgan fingerprint density at radius 1 is 1.24 bits per heavy atom. The van der Waals surface area contributed by atoms with Crippen LogP contribution in [0.25, 0.3) is 5.69 Å². The van der Waals surface area contributed by atoms with Crippen molar-refractivity contribution >= 4 is 18.4 Å². The van der Waals surface area contributed by atoms with Gasteiger partial charge in [0.1, 0.15) is 0 Å². The summed E-state index contributed by atoms with van der Waals surface area (Å²) in [6.45, 7) is 1.89. The molecule has 1 aromatic carbocycles. The van der Waals surface area contributed by atoms with Gasteiger partial charge >= 0.3 is 0 Å². The van der Waals surface area contributed by atoms with Gasteiger partial charge in [0.2, 0.25) is 5.95 Å². The van der Waals surface area contributed by atoms with E-state index in [4.69, 9.17) is 0 Å². The van der Waals surface area contributed by atoms with E-state index in [-0.39, 0.29) is 18.0 Å². The molecule has 90 valence electrons. The molecule has 0 bridgehead atoms. The first-order valence-corrected chi connectivity index (χ1v) is 5.06. The van der Waals surface area contributed by atoms with Crippen LogP contribution in [0.3, 0.4) is 0 Å². The van der Waals surface area contributed by atoms with E-state index in [1.54, 1.807) is 7.05 Å². The van der Waals surface area contributed by atoms with Crippen LogP contribution >= 0.6 is 12.4 Å². The Hall–Kier alpha value is -1.81. The molecule has 1 aromatic heterocycles. The summed E-state index contributed by atoms with van der Waals surface area (Å²) >= 11 is 0. The molecular formula is C12H14ClN3O. The number of anilines is 1. The standard InChI is InChI=1S/C12H13N3O.ClH/c1-9-8-11(16)14-12(13-2)15(9)10-6-4-3-5-7-10;/h3-8H,1-2H3,(H,13,14,16);1H. The molecule has 2 rings (SSSR count). The number of rotatable bonds is 2. The van der Waals surface area contributed by atoms with Gasteiger partial charge in [-0.25, -0.2) is 0 Å². The number of halogens is 1. The predicted octanol–water partition coefficient (Wildman–Crippen LogP) is 2.00. The zero-order valence-corrected chi connectivity index (χ0v) is 10.5. The van der Waals surface area contributed by atoms with Crippen molar-refractivity contribution in [2.75, 3.05) is 12.4 Å². The van der Waals surface area contributed by atoms with Crippen molar-refractivity contribution in [3.63, 3.8) is 0 Å². The number of aromatic nitrogens is 2. The lowest BCUT2D eigenvalue weighted by molar-refractivity contribution is 0.920. The van der Waals surface area contributed by atoms with Gasteiger partial charge in [0, 0.05) is 24.5 Å². The smallest absolute Gasteiger partial charge is 0.274 e. The summed E-state index contributed by atoms with van der Waals surface area (Å²) in [5.41, 5.74) is 1.61. The zero-order chi connectivity index (χ0) is 11.5. The fourth-order valence-corrected chi connectivity index (χ4v) is 1.67. The Labute approximate surface area is 106 Å². The van der Waals surface area contributed by atoms with Crippen molar-refractivity contribution in [2.45, 2.75) is 6.92 Å². The maximum atomic E-state index is 11.3. The van der Waals surface area contributed by atoms with Gasteiger partial charge in [-0.3, -0.25) is 9.36 Å². The van der Waals surface area contributed by atoms with Gasteiger partial charge in [-0.05, 0) is 19.1 Å². The molecule has 0 aliphatic carbocycles. The van der Waals surface area contributed by atoms with E-state index < -0.39 is 0 Å². The second-order valence-electron chi connectivity index (χ2n) is 3.48. The van der Waals surface area contributed by atoms with Gasteiger partial charge in [0.25, 0.3) is 5.56 Å². The van der Waals surface area contributed by atoms with Crippen LogP contribution in [0.1, 0.15) is 5.69 Å². The van der Waals surface area contributed by atoms with Crippen molar-refractivity contribution in [1.82, 2.24) is 9.55 Å². The number of benzene rings is 1. The first-order chi connectivity index (χ1) is 7.72. The summed E-state index contributed by atoms with van der Waals surface area (Å²) in [5.74, 6) is 0.552. The molecular weight excluding hydrogens is 238 g/mol. The van der Waals surface area contributed by atoms with Crippen molar-refractivity contribution in [2.24, 2.45) is 0 Å². The predicted molar refractivity (Wildman–Crippen MR) is 71.4 cm³/mol. The van der Waals surface area contributed by atoms with Gasteiger partial charge in [-0.1, -0.05) is 18.2 Å². The van der Waals surface area contributed by atoms with Gasteiger partial charge in [0.05, 0.1) is 0 Å². The molecule has 0 saturated heterocycles. The molecule has 1 N–H and O–H groups in total. The molecule has 0 atom stereocenters. The van der Waals surface area contributed by atoms with Crippen LogP contribution < -0.4 is 10.9 Å². The minimum atomic E-state index is -0.228. The highest BCUT2D eigenvalue weighted by atomic mass is 35.5. The van der Waals surface area contributed by atoms with Crippen molar-refractivity contribution < 1.29 is 0 Å². The lowest BCUT2D eigenvalue weighted by atomic mass is 10.3. The zero-order valence-electron chi connectivity index (χ0n) is 9.68. The SMILES string of the molecule is CNc1nc(=O)cc(C)n1-c1ccccc1.Cl. The molecule has 0 spiro atoms. The normalized spacial score (nSPS) is 9.53. The van der Waals surface area contributed by atoms with E-state index in [0.717, 1.165) is 11.4 Å². The topological polar surface area (TPSA) is 46.9 Å². The average Bonchev–Trinajstić information content (AvgIpc) is 2.29. The number of hydrogen-bond acceptors (Lipinski definition) is 3. The minimum Gasteiger partial charge on any atom is -0.358 e. The second kappa shape index (κ2) is 5.50. The molecule has 4 nitrogen and oxygen atoms in total. The van der Waals surface area contributed by atoms with Crippen LogP contribution in [-0.4, -0.2) is 16.6 Å². The number of aryl methyl sites for hydroxylation is 1. The number of nitrogens with zero attached hydrogens (tertiary/aromatic N) is 2. The highest BCUT2D eigenvalue weighted by molar-refractivity contribution is 5.85. The van der Waals surface area contributed by atoms with Crippen LogP contribution in [0, 0.1) is 6.92 Å². The molecule has 5 heteroatoms. The van der Waals surface area contributed by atoms with Crippen LogP contribution in [0.2, 0.25) is 0 Å². The highest BCUT2D eigenvalue weighted by Gasteiger charge is 2.06. The number of para-hydroxylation sites is 1. The summed E-state index contributed by atoms with van der Waals surface area (Å²) in [6, 6.07) is 11.3. The summed E-state index contributed by atoms with van der Waals surface area (Å²) in [6.07, 6.45) is 0. The Balaban J connectivity index is 0.00000144. The average molecular weight is 252 g/mol. The lowest BCUT2D eigenvalue weighted by Crippen LogP contribution is -2.17. The van der Waals surface area contributed by atoms with Crippen molar-refractivity contribution in [3.05, 3.63) is 52.4 Å². The quantitative estimate of drug-likeness (QED) is 0.888. The van der Waals surface area contributed by atoms with E-state index in [0.29, 0.717) is 5.95 Å². The third-order valence-electron chi connectivity index (χ3n) is 2.35. The largest absolute Gasteiger partial charge is 0.358 e. The first-order valence-electron chi connectivity index (χ1n) is 5.06. The van der Waals surface area contributed by atoms with Crippen molar-refractivity contribution in [1.29, 1.82) is 0 Å². The molecule has 0 amide bonds. The monoisotopic (exact) mass is 251 g/mol. The van der Waals surface area contributed by atoms with E-state index in [2.05, 4.69) is 10.3 Å². The second-order valence-corrected chi connectivity index (χ2v) is 3.48. The molecule has 0 aliphatic rings.